The van der Waals surface area contributed by atoms with E-state index in [9.17, 15) is 14.7 Å². The molecule has 5 heteroatoms. The molecule has 22 heavy (non-hydrogen) atoms. The van der Waals surface area contributed by atoms with E-state index < -0.39 is 18.4 Å². The van der Waals surface area contributed by atoms with Gasteiger partial charge in [-0.25, -0.2) is 0 Å². The minimum Gasteiger partial charge on any atom is -0.550 e. The number of aliphatic carboxylic acids is 2. The molecule has 132 valence electrons. The summed E-state index contributed by atoms with van der Waals surface area (Å²) in [6, 6.07) is 0. The van der Waals surface area contributed by atoms with Crippen LogP contribution in [0.4, 0.5) is 0 Å². The first kappa shape index (κ1) is 23.2. The van der Waals surface area contributed by atoms with E-state index in [2.05, 4.69) is 25.9 Å². The van der Waals surface area contributed by atoms with E-state index in [0.29, 0.717) is 0 Å². The minimum absolute atomic E-state index is 0. The topological polar surface area (TPSA) is 80.7 Å². The zero-order chi connectivity index (χ0) is 17.2. The van der Waals surface area contributed by atoms with Gasteiger partial charge in [-0.05, 0) is 27.1 Å². The van der Waals surface area contributed by atoms with Gasteiger partial charge < -0.3 is 19.9 Å². The highest BCUT2D eigenvalue weighted by atomic mass is 16.4. The molecule has 0 fully saturated rings. The molecular formula is C17H35NO4. The first-order valence-corrected chi connectivity index (χ1v) is 8.46. The number of carbonyl (C=O) groups is 2. The summed E-state index contributed by atoms with van der Waals surface area (Å²) < 4.78 is 0. The number of hydrogen-bond acceptors (Lipinski definition) is 4. The van der Waals surface area contributed by atoms with Gasteiger partial charge in [0.15, 0.2) is 0 Å². The van der Waals surface area contributed by atoms with Gasteiger partial charge >= 0.3 is 7.40 Å². The van der Waals surface area contributed by atoms with Crippen molar-refractivity contribution in [3.05, 3.63) is 0 Å². The summed E-state index contributed by atoms with van der Waals surface area (Å²) in [6.45, 7) is 3.54. The third kappa shape index (κ3) is 27.3. The first-order chi connectivity index (χ1) is 10.4. The summed E-state index contributed by atoms with van der Waals surface area (Å²) in [5, 5.41) is 17.0. The van der Waals surface area contributed by atoms with E-state index >= 15 is 0 Å². The lowest BCUT2D eigenvalue weighted by Gasteiger charge is -2.08. The Morgan fingerprint density at radius 2 is 1.32 bits per heavy atom. The Bertz CT molecular complexity index is 261. The fraction of sp³-hybridized carbons (Fsp3) is 0.882. The second-order valence-electron chi connectivity index (χ2n) is 5.93. The monoisotopic (exact) mass is 317 g/mol. The molecule has 0 heterocycles. The van der Waals surface area contributed by atoms with Crippen molar-refractivity contribution in [2.45, 2.75) is 77.6 Å². The highest BCUT2D eigenvalue weighted by molar-refractivity contribution is 5.87. The SMILES string of the molecule is CCCCCCCCCCCCN(C)C.O=C([O-])CC(=O)O.[H+]. The molecule has 0 amide bonds. The highest BCUT2D eigenvalue weighted by Gasteiger charge is 1.93. The molecule has 1 N–H and O–H groups in total. The maximum atomic E-state index is 9.39. The molecule has 0 aliphatic heterocycles. The van der Waals surface area contributed by atoms with Crippen LogP contribution in [0.5, 0.6) is 0 Å². The molecule has 0 saturated carbocycles. The van der Waals surface area contributed by atoms with Crippen molar-refractivity contribution in [1.82, 2.24) is 4.90 Å². The molecule has 0 aliphatic carbocycles. The fourth-order valence-corrected chi connectivity index (χ4v) is 2.04. The lowest BCUT2D eigenvalue weighted by Crippen LogP contribution is -2.24. The van der Waals surface area contributed by atoms with Crippen LogP contribution in [-0.2, 0) is 9.59 Å². The number of nitrogens with zero attached hydrogens (tertiary/aromatic N) is 1. The average Bonchev–Trinajstić information content (AvgIpc) is 2.39. The second kappa shape index (κ2) is 18.0. The molecule has 0 aromatic heterocycles. The summed E-state index contributed by atoms with van der Waals surface area (Å²) in [5.41, 5.74) is 0. The van der Waals surface area contributed by atoms with Gasteiger partial charge in [0.2, 0.25) is 0 Å². The predicted octanol–water partition coefficient (Wildman–Crippen LogP) is 2.79. The van der Waals surface area contributed by atoms with Crippen LogP contribution < -0.4 is 5.11 Å². The Kier molecular flexibility index (Phi) is 18.9. The molecular weight excluding hydrogens is 282 g/mol. The van der Waals surface area contributed by atoms with Gasteiger partial charge in [0.1, 0.15) is 0 Å². The Morgan fingerprint density at radius 3 is 1.59 bits per heavy atom. The largest absolute Gasteiger partial charge is 1.00 e. The summed E-state index contributed by atoms with van der Waals surface area (Å²) in [7, 11) is 4.32. The van der Waals surface area contributed by atoms with E-state index in [1.54, 1.807) is 0 Å². The zero-order valence-electron chi connectivity index (χ0n) is 15.6. The van der Waals surface area contributed by atoms with Gasteiger partial charge in [-0.1, -0.05) is 64.7 Å². The number of rotatable bonds is 13. The predicted molar refractivity (Wildman–Crippen MR) is 88.8 cm³/mol. The van der Waals surface area contributed by atoms with Crippen molar-refractivity contribution in [2.24, 2.45) is 0 Å². The molecule has 0 radical (unpaired) electrons. The average molecular weight is 317 g/mol. The van der Waals surface area contributed by atoms with E-state index in [4.69, 9.17) is 5.11 Å². The second-order valence-corrected chi connectivity index (χ2v) is 5.93. The molecule has 0 rings (SSSR count). The van der Waals surface area contributed by atoms with Gasteiger partial charge in [0, 0.05) is 0 Å². The van der Waals surface area contributed by atoms with Gasteiger partial charge in [-0.3, -0.25) is 4.79 Å². The molecule has 5 nitrogen and oxygen atoms in total. The highest BCUT2D eigenvalue weighted by Crippen LogP contribution is 2.10. The van der Waals surface area contributed by atoms with Gasteiger partial charge in [-0.2, -0.15) is 0 Å². The van der Waals surface area contributed by atoms with E-state index in [1.165, 1.54) is 70.8 Å². The Hall–Kier alpha value is -1.10. The van der Waals surface area contributed by atoms with Crippen molar-refractivity contribution in [2.75, 3.05) is 20.6 Å². The molecule has 0 bridgehead atoms. The van der Waals surface area contributed by atoms with Crippen LogP contribution in [0.3, 0.4) is 0 Å². The van der Waals surface area contributed by atoms with Crippen molar-refractivity contribution in [3.63, 3.8) is 0 Å². The molecule has 0 saturated heterocycles. The maximum absolute atomic E-state index is 9.39. The zero-order valence-corrected chi connectivity index (χ0v) is 14.6. The standard InChI is InChI=1S/C14H31N.C3H4O4/c1-4-5-6-7-8-9-10-11-12-13-14-15(2)3;4-2(5)1-3(6)7/h4-14H2,1-3H3;1H2,(H,4,5)(H,6,7). The van der Waals surface area contributed by atoms with E-state index in [-0.39, 0.29) is 1.43 Å². The van der Waals surface area contributed by atoms with Crippen molar-refractivity contribution in [1.29, 1.82) is 0 Å². The van der Waals surface area contributed by atoms with Crippen LogP contribution in [-0.4, -0.2) is 42.6 Å². The van der Waals surface area contributed by atoms with Gasteiger partial charge in [0.05, 0.1) is 12.4 Å². The number of carboxylic acids is 2. The molecule has 0 aromatic carbocycles. The van der Waals surface area contributed by atoms with Crippen LogP contribution in [0.2, 0.25) is 0 Å². The Balaban J connectivity index is -0.000000425. The fourth-order valence-electron chi connectivity index (χ4n) is 2.04. The Labute approximate surface area is 137 Å². The number of carboxylic acid groups (broad SMARTS) is 2. The van der Waals surface area contributed by atoms with Crippen molar-refractivity contribution in [3.8, 4) is 0 Å². The number of unbranched alkanes of at least 4 members (excludes halogenated alkanes) is 9. The maximum Gasteiger partial charge on any atom is 1.00 e. The van der Waals surface area contributed by atoms with Crippen LogP contribution in [0.25, 0.3) is 0 Å². The number of hydrogen-bond donors (Lipinski definition) is 1. The van der Waals surface area contributed by atoms with Crippen molar-refractivity contribution >= 4 is 11.9 Å². The molecule has 0 unspecified atom stereocenters. The summed E-state index contributed by atoms with van der Waals surface area (Å²) in [4.78, 5) is 21.0. The van der Waals surface area contributed by atoms with Crippen LogP contribution >= 0.6 is 0 Å². The lowest BCUT2D eigenvalue weighted by molar-refractivity contribution is -0.305. The van der Waals surface area contributed by atoms with Crippen LogP contribution in [0.15, 0.2) is 0 Å². The molecule has 0 atom stereocenters. The lowest BCUT2D eigenvalue weighted by atomic mass is 10.1. The first-order valence-electron chi connectivity index (χ1n) is 8.46. The summed E-state index contributed by atoms with van der Waals surface area (Å²) in [5.74, 6) is -2.94. The summed E-state index contributed by atoms with van der Waals surface area (Å²) >= 11 is 0. The molecule has 0 spiro atoms. The molecule has 0 aromatic rings. The normalized spacial score (nSPS) is 10.2. The van der Waals surface area contributed by atoms with Crippen LogP contribution in [0, 0.1) is 0 Å². The van der Waals surface area contributed by atoms with Gasteiger partial charge in [-0.15, -0.1) is 0 Å². The quantitative estimate of drug-likeness (QED) is 0.417. The third-order valence-corrected chi connectivity index (χ3v) is 3.25. The van der Waals surface area contributed by atoms with Crippen molar-refractivity contribution < 1.29 is 21.2 Å². The van der Waals surface area contributed by atoms with Crippen LogP contribution in [0.1, 0.15) is 79.0 Å². The van der Waals surface area contributed by atoms with Gasteiger partial charge in [0.25, 0.3) is 0 Å². The minimum atomic E-state index is -1.56. The molecule has 0 aliphatic rings. The summed E-state index contributed by atoms with van der Waals surface area (Å²) in [6.07, 6.45) is 13.4. The van der Waals surface area contributed by atoms with E-state index in [0.717, 1.165) is 0 Å². The smallest absolute Gasteiger partial charge is 0.550 e. The number of carbonyl (C=O) groups excluding carboxylic acids is 1. The third-order valence-electron chi connectivity index (χ3n) is 3.25. The Morgan fingerprint density at radius 1 is 0.909 bits per heavy atom. The van der Waals surface area contributed by atoms with E-state index in [1.807, 2.05) is 0 Å².